The molecule has 0 aliphatic carbocycles. The highest BCUT2D eigenvalue weighted by atomic mass is 32.2. The van der Waals surface area contributed by atoms with Gasteiger partial charge in [0.15, 0.2) is 11.8 Å². The number of carboxylic acid groups (broad SMARTS) is 4. The van der Waals surface area contributed by atoms with Gasteiger partial charge < -0.3 is 31.9 Å². The molecular weight excluding hydrogens is 284 g/mol. The molecule has 0 fully saturated rings. The van der Waals surface area contributed by atoms with Gasteiger partial charge in [0.1, 0.15) is 0 Å². The maximum Gasteiger partial charge on any atom is 0.320 e. The zero-order chi connectivity index (χ0) is 15.3. The highest BCUT2D eigenvalue weighted by Gasteiger charge is 2.39. The third kappa shape index (κ3) is 4.73. The first-order valence-electron chi connectivity index (χ1n) is 4.67. The van der Waals surface area contributed by atoms with Crippen molar-refractivity contribution in [3.05, 3.63) is 0 Å². The number of rotatable bonds is 8. The normalized spacial score (nSPS) is 14.1. The molecule has 0 spiro atoms. The Labute approximate surface area is 110 Å². The summed E-state index contributed by atoms with van der Waals surface area (Å²) < 4.78 is 0. The highest BCUT2D eigenvalue weighted by molar-refractivity contribution is 8.00. The van der Waals surface area contributed by atoms with E-state index < -0.39 is 46.5 Å². The van der Waals surface area contributed by atoms with Crippen LogP contribution in [0.5, 0.6) is 0 Å². The lowest BCUT2D eigenvalue weighted by atomic mass is 10.1. The van der Waals surface area contributed by atoms with Crippen molar-refractivity contribution in [3.8, 4) is 0 Å². The maximum atomic E-state index is 10.7. The van der Waals surface area contributed by atoms with Crippen LogP contribution in [-0.2, 0) is 19.2 Å². The van der Waals surface area contributed by atoms with Gasteiger partial charge in [-0.25, -0.2) is 0 Å². The van der Waals surface area contributed by atoms with E-state index in [0.717, 1.165) is 0 Å². The quantitative estimate of drug-likeness (QED) is 0.211. The predicted octanol–water partition coefficient (Wildman–Crippen LogP) is -2.14. The summed E-state index contributed by atoms with van der Waals surface area (Å²) >= 11 is 0.261. The number of thioether (sulfide) groups is 1. The summed E-state index contributed by atoms with van der Waals surface area (Å²) in [6, 6.07) is 0. The third-order valence-corrected chi connectivity index (χ3v) is 3.21. The molecule has 0 rings (SSSR count). The fraction of sp³-hybridized carbons (Fsp3) is 0.500. The average Bonchev–Trinajstić information content (AvgIpc) is 2.13. The van der Waals surface area contributed by atoms with Crippen molar-refractivity contribution in [2.45, 2.75) is 10.7 Å². The van der Waals surface area contributed by atoms with Gasteiger partial charge in [-0.05, 0) is 0 Å². The van der Waals surface area contributed by atoms with Gasteiger partial charge in [0.25, 0.3) is 0 Å². The summed E-state index contributed by atoms with van der Waals surface area (Å²) in [6.45, 7) is 0. The Morgan fingerprint density at radius 3 is 1.05 bits per heavy atom. The minimum absolute atomic E-state index is 0.261. The number of hydrogen-bond acceptors (Lipinski definition) is 7. The van der Waals surface area contributed by atoms with Crippen LogP contribution in [0.15, 0.2) is 0 Å². The van der Waals surface area contributed by atoms with Crippen LogP contribution in [0.1, 0.15) is 0 Å². The first kappa shape index (κ1) is 17.2. The Kier molecular flexibility index (Phi) is 6.24. The summed E-state index contributed by atoms with van der Waals surface area (Å²) in [5, 5.41) is 31.4. The molecule has 0 bridgehead atoms. The number of aliphatic carboxylic acids is 4. The van der Waals surface area contributed by atoms with Crippen molar-refractivity contribution < 1.29 is 39.6 Å². The van der Waals surface area contributed by atoms with E-state index in [0.29, 0.717) is 0 Å². The molecule has 0 amide bonds. The van der Waals surface area contributed by atoms with E-state index in [1.807, 2.05) is 0 Å². The van der Waals surface area contributed by atoms with Crippen molar-refractivity contribution in [1.29, 1.82) is 0 Å². The summed E-state index contributed by atoms with van der Waals surface area (Å²) in [6.07, 6.45) is 0. The van der Waals surface area contributed by atoms with Crippen LogP contribution in [0, 0.1) is 11.8 Å². The van der Waals surface area contributed by atoms with Crippen LogP contribution in [0.2, 0.25) is 0 Å². The van der Waals surface area contributed by atoms with E-state index in [1.165, 1.54) is 0 Å². The fourth-order valence-electron chi connectivity index (χ4n) is 1.11. The van der Waals surface area contributed by atoms with Gasteiger partial charge in [0.2, 0.25) is 0 Å². The maximum absolute atomic E-state index is 10.7. The molecule has 0 aromatic heterocycles. The summed E-state index contributed by atoms with van der Waals surface area (Å²) in [5.74, 6) is -11.0. The molecule has 0 radical (unpaired) electrons. The smallest absolute Gasteiger partial charge is 0.320 e. The summed E-state index contributed by atoms with van der Waals surface area (Å²) in [7, 11) is 0. The minimum atomic E-state index is -2.03. The zero-order valence-corrected chi connectivity index (χ0v) is 10.1. The second kappa shape index (κ2) is 6.92. The van der Waals surface area contributed by atoms with E-state index >= 15 is 0 Å². The lowest BCUT2D eigenvalue weighted by molar-refractivity contribution is -0.155. The Balaban J connectivity index is 4.92. The molecule has 0 aromatic carbocycles. The van der Waals surface area contributed by atoms with Gasteiger partial charge >= 0.3 is 23.9 Å². The molecule has 2 unspecified atom stereocenters. The molecule has 0 heterocycles. The predicted molar refractivity (Wildman–Crippen MR) is 61.1 cm³/mol. The molecule has 2 atom stereocenters. The van der Waals surface area contributed by atoms with E-state index in [2.05, 4.69) is 0 Å². The summed E-state index contributed by atoms with van der Waals surface area (Å²) in [5.41, 5.74) is 10.6. The minimum Gasteiger partial charge on any atom is -0.481 e. The van der Waals surface area contributed by atoms with E-state index in [1.54, 1.807) is 0 Å². The first-order chi connectivity index (χ1) is 8.59. The monoisotopic (exact) mass is 296 g/mol. The van der Waals surface area contributed by atoms with Crippen molar-refractivity contribution in [2.24, 2.45) is 23.3 Å². The standard InChI is InChI=1S/C8H12N2O8S/c9-3(1(5(11)12)6(13)14)19-4(10)2(7(15)16)8(17)18/h1-4H,9-10H2,(H,11,12)(H,13,14)(H,15,16)(H,17,18). The van der Waals surface area contributed by atoms with Gasteiger partial charge in [-0.15, -0.1) is 11.8 Å². The molecule has 19 heavy (non-hydrogen) atoms. The van der Waals surface area contributed by atoms with E-state index in [9.17, 15) is 19.2 Å². The lowest BCUT2D eigenvalue weighted by Gasteiger charge is -2.22. The molecular formula is C8H12N2O8S. The molecule has 11 heteroatoms. The molecule has 0 saturated heterocycles. The number of carboxylic acids is 4. The van der Waals surface area contributed by atoms with E-state index in [4.69, 9.17) is 31.9 Å². The van der Waals surface area contributed by atoms with Crippen LogP contribution >= 0.6 is 11.8 Å². The molecule has 10 nitrogen and oxygen atoms in total. The zero-order valence-electron chi connectivity index (χ0n) is 9.29. The fourth-order valence-corrected chi connectivity index (χ4v) is 2.25. The van der Waals surface area contributed by atoms with E-state index in [-0.39, 0.29) is 11.8 Å². The van der Waals surface area contributed by atoms with Gasteiger partial charge in [0.05, 0.1) is 10.7 Å². The third-order valence-electron chi connectivity index (χ3n) is 2.04. The molecule has 0 aliphatic heterocycles. The Morgan fingerprint density at radius 1 is 0.684 bits per heavy atom. The highest BCUT2D eigenvalue weighted by Crippen LogP contribution is 2.23. The van der Waals surface area contributed by atoms with Crippen LogP contribution < -0.4 is 11.5 Å². The second-order valence-corrected chi connectivity index (χ2v) is 4.73. The van der Waals surface area contributed by atoms with Crippen molar-refractivity contribution in [3.63, 3.8) is 0 Å². The number of hydrogen-bond donors (Lipinski definition) is 6. The number of carbonyl (C=O) groups is 4. The SMILES string of the molecule is NC(SC(N)C(C(=O)O)C(=O)O)C(C(=O)O)C(=O)O. The van der Waals surface area contributed by atoms with Crippen molar-refractivity contribution in [1.82, 2.24) is 0 Å². The summed E-state index contributed by atoms with van der Waals surface area (Å²) in [4.78, 5) is 42.6. The molecule has 8 N–H and O–H groups in total. The van der Waals surface area contributed by atoms with Gasteiger partial charge in [0, 0.05) is 0 Å². The Bertz CT molecular complexity index is 336. The second-order valence-electron chi connectivity index (χ2n) is 3.37. The molecule has 0 aromatic rings. The first-order valence-corrected chi connectivity index (χ1v) is 5.61. The lowest BCUT2D eigenvalue weighted by Crippen LogP contribution is -2.45. The van der Waals surface area contributed by atoms with Crippen LogP contribution in [0.25, 0.3) is 0 Å². The molecule has 0 aliphatic rings. The van der Waals surface area contributed by atoms with Crippen molar-refractivity contribution in [2.75, 3.05) is 0 Å². The molecule has 0 saturated carbocycles. The van der Waals surface area contributed by atoms with Gasteiger partial charge in [-0.3, -0.25) is 19.2 Å². The Hall–Kier alpha value is -1.85. The van der Waals surface area contributed by atoms with Crippen LogP contribution in [0.4, 0.5) is 0 Å². The number of nitrogens with two attached hydrogens (primary N) is 2. The largest absolute Gasteiger partial charge is 0.481 e. The van der Waals surface area contributed by atoms with Crippen LogP contribution in [0.3, 0.4) is 0 Å². The average molecular weight is 296 g/mol. The van der Waals surface area contributed by atoms with Crippen molar-refractivity contribution >= 4 is 35.6 Å². The van der Waals surface area contributed by atoms with Gasteiger partial charge in [-0.1, -0.05) is 0 Å². The topological polar surface area (TPSA) is 201 Å². The molecule has 108 valence electrons. The van der Waals surface area contributed by atoms with Gasteiger partial charge in [-0.2, -0.15) is 0 Å². The van der Waals surface area contributed by atoms with Crippen LogP contribution in [-0.4, -0.2) is 55.1 Å². The Morgan fingerprint density at radius 2 is 0.895 bits per heavy atom.